The highest BCUT2D eigenvalue weighted by Crippen LogP contribution is 2.36. The highest BCUT2D eigenvalue weighted by molar-refractivity contribution is 7.99. The predicted molar refractivity (Wildman–Crippen MR) is 87.4 cm³/mol. The molecule has 0 aromatic heterocycles. The highest BCUT2D eigenvalue weighted by atomic mass is 32.2. The first kappa shape index (κ1) is 14.0. The molecule has 0 heterocycles. The third-order valence-electron chi connectivity index (χ3n) is 3.15. The summed E-state index contributed by atoms with van der Waals surface area (Å²) in [6.45, 7) is 6.47. The topological polar surface area (TPSA) is 0 Å². The first-order valence-electron chi connectivity index (χ1n) is 6.71. The van der Waals surface area contributed by atoms with Crippen molar-refractivity contribution >= 4 is 17.3 Å². The van der Waals surface area contributed by atoms with E-state index >= 15 is 0 Å². The average Bonchev–Trinajstić information content (AvgIpc) is 2.48. The van der Waals surface area contributed by atoms with Gasteiger partial charge in [0, 0.05) is 5.25 Å². The maximum atomic E-state index is 4.26. The number of hydrogen-bond acceptors (Lipinski definition) is 1. The van der Waals surface area contributed by atoms with Crippen molar-refractivity contribution < 1.29 is 0 Å². The quantitative estimate of drug-likeness (QED) is 0.658. The summed E-state index contributed by atoms with van der Waals surface area (Å²) in [5.74, 6) is 1.13. The summed E-state index contributed by atoms with van der Waals surface area (Å²) >= 11 is 1.99. The third kappa shape index (κ3) is 4.00. The molecule has 2 rings (SSSR count). The molecule has 0 saturated heterocycles. The average molecular weight is 268 g/mol. The zero-order valence-electron chi connectivity index (χ0n) is 11.4. The van der Waals surface area contributed by atoms with Crippen LogP contribution >= 0.6 is 11.8 Å². The van der Waals surface area contributed by atoms with Crippen LogP contribution in [0.25, 0.3) is 5.57 Å². The number of rotatable bonds is 6. The Balaban J connectivity index is 2.11. The first-order valence-corrected chi connectivity index (χ1v) is 7.76. The summed E-state index contributed by atoms with van der Waals surface area (Å²) in [6.07, 6.45) is 1.01. The van der Waals surface area contributed by atoms with Crippen LogP contribution < -0.4 is 0 Å². The van der Waals surface area contributed by atoms with E-state index in [0.29, 0.717) is 5.25 Å². The predicted octanol–water partition coefficient (Wildman–Crippen LogP) is 5.58. The Labute approximate surface area is 120 Å². The molecule has 0 amide bonds. The molecule has 19 heavy (non-hydrogen) atoms. The molecule has 0 spiro atoms. The van der Waals surface area contributed by atoms with Crippen LogP contribution in [0.2, 0.25) is 0 Å². The molecule has 0 aliphatic carbocycles. The van der Waals surface area contributed by atoms with Crippen LogP contribution in [0, 0.1) is 0 Å². The third-order valence-corrected chi connectivity index (χ3v) is 4.33. The molecule has 2 aromatic carbocycles. The summed E-state index contributed by atoms with van der Waals surface area (Å²) in [5.41, 5.74) is 3.86. The lowest BCUT2D eigenvalue weighted by Crippen LogP contribution is -1.96. The van der Waals surface area contributed by atoms with Crippen LogP contribution in [0.15, 0.2) is 67.2 Å². The second kappa shape index (κ2) is 7.20. The Morgan fingerprint density at radius 2 is 1.58 bits per heavy atom. The van der Waals surface area contributed by atoms with Crippen molar-refractivity contribution in [1.82, 2.24) is 0 Å². The van der Waals surface area contributed by atoms with Gasteiger partial charge >= 0.3 is 0 Å². The highest BCUT2D eigenvalue weighted by Gasteiger charge is 2.13. The van der Waals surface area contributed by atoms with Gasteiger partial charge in [0.05, 0.1) is 0 Å². The molecule has 98 valence electrons. The number of allylic oxidation sites excluding steroid dienone is 1. The van der Waals surface area contributed by atoms with Crippen LogP contribution in [-0.4, -0.2) is 5.75 Å². The summed E-state index contributed by atoms with van der Waals surface area (Å²) in [6, 6.07) is 21.2. The molecular formula is C18H20S. The molecule has 1 unspecified atom stereocenters. The largest absolute Gasteiger partial charge is 0.154 e. The van der Waals surface area contributed by atoms with Gasteiger partial charge in [0.15, 0.2) is 0 Å². The monoisotopic (exact) mass is 268 g/mol. The number of benzene rings is 2. The second-order valence-electron chi connectivity index (χ2n) is 4.53. The fourth-order valence-corrected chi connectivity index (χ4v) is 3.23. The van der Waals surface area contributed by atoms with Gasteiger partial charge in [-0.15, -0.1) is 0 Å². The van der Waals surface area contributed by atoms with Gasteiger partial charge in [-0.3, -0.25) is 0 Å². The summed E-state index contributed by atoms with van der Waals surface area (Å²) in [4.78, 5) is 0. The van der Waals surface area contributed by atoms with Crippen molar-refractivity contribution in [3.8, 4) is 0 Å². The Morgan fingerprint density at radius 3 is 2.16 bits per heavy atom. The van der Waals surface area contributed by atoms with Crippen molar-refractivity contribution in [3.63, 3.8) is 0 Å². The van der Waals surface area contributed by atoms with Gasteiger partial charge < -0.3 is 0 Å². The summed E-state index contributed by atoms with van der Waals surface area (Å²) < 4.78 is 0. The molecule has 0 aliphatic rings. The molecule has 1 atom stereocenters. The van der Waals surface area contributed by atoms with E-state index in [2.05, 4.69) is 68.1 Å². The normalized spacial score (nSPS) is 12.1. The van der Waals surface area contributed by atoms with E-state index in [1.54, 1.807) is 0 Å². The van der Waals surface area contributed by atoms with Gasteiger partial charge in [-0.1, -0.05) is 74.2 Å². The van der Waals surface area contributed by atoms with E-state index in [0.717, 1.165) is 12.2 Å². The van der Waals surface area contributed by atoms with Gasteiger partial charge in [0.25, 0.3) is 0 Å². The van der Waals surface area contributed by atoms with Crippen LogP contribution in [0.5, 0.6) is 0 Å². The molecular weight excluding hydrogens is 248 g/mol. The maximum Gasteiger partial charge on any atom is 0.0337 e. The van der Waals surface area contributed by atoms with Crippen molar-refractivity contribution in [2.24, 2.45) is 0 Å². The van der Waals surface area contributed by atoms with Crippen LogP contribution in [0.1, 0.15) is 29.7 Å². The fourth-order valence-electron chi connectivity index (χ4n) is 2.16. The Morgan fingerprint density at radius 1 is 1.00 bits per heavy atom. The fraction of sp³-hybridized carbons (Fsp3) is 0.222. The van der Waals surface area contributed by atoms with Crippen molar-refractivity contribution in [2.45, 2.75) is 18.6 Å². The van der Waals surface area contributed by atoms with Crippen LogP contribution in [0.4, 0.5) is 0 Å². The van der Waals surface area contributed by atoms with Gasteiger partial charge in [-0.25, -0.2) is 0 Å². The molecule has 0 aliphatic heterocycles. The van der Waals surface area contributed by atoms with Crippen LogP contribution in [-0.2, 0) is 0 Å². The van der Waals surface area contributed by atoms with Crippen molar-refractivity contribution in [3.05, 3.63) is 78.4 Å². The molecule has 1 heteroatoms. The Hall–Kier alpha value is -1.47. The zero-order valence-corrected chi connectivity index (χ0v) is 12.2. The minimum atomic E-state index is 0.499. The number of hydrogen-bond donors (Lipinski definition) is 0. The van der Waals surface area contributed by atoms with Gasteiger partial charge in [-0.2, -0.15) is 11.8 Å². The molecule has 0 saturated carbocycles. The lowest BCUT2D eigenvalue weighted by molar-refractivity contribution is 0.985. The molecule has 0 bridgehead atoms. The van der Waals surface area contributed by atoms with E-state index in [9.17, 15) is 0 Å². The zero-order chi connectivity index (χ0) is 13.5. The van der Waals surface area contributed by atoms with Gasteiger partial charge in [-0.05, 0) is 28.9 Å². The van der Waals surface area contributed by atoms with Crippen molar-refractivity contribution in [2.75, 3.05) is 5.75 Å². The lowest BCUT2D eigenvalue weighted by atomic mass is 9.99. The van der Waals surface area contributed by atoms with E-state index in [1.165, 1.54) is 16.7 Å². The van der Waals surface area contributed by atoms with Gasteiger partial charge in [0.1, 0.15) is 0 Å². The first-order chi connectivity index (χ1) is 9.31. The lowest BCUT2D eigenvalue weighted by Gasteiger charge is -2.18. The van der Waals surface area contributed by atoms with Crippen LogP contribution in [0.3, 0.4) is 0 Å². The molecule has 0 fully saturated rings. The molecule has 0 radical (unpaired) electrons. The second-order valence-corrected chi connectivity index (χ2v) is 6.01. The summed E-state index contributed by atoms with van der Waals surface area (Å²) in [7, 11) is 0. The SMILES string of the molecule is C=C(CC(SCC)c1ccccc1)c1ccccc1. The van der Waals surface area contributed by atoms with E-state index in [-0.39, 0.29) is 0 Å². The van der Waals surface area contributed by atoms with E-state index < -0.39 is 0 Å². The minimum absolute atomic E-state index is 0.499. The maximum absolute atomic E-state index is 4.26. The number of thioether (sulfide) groups is 1. The summed E-state index contributed by atoms with van der Waals surface area (Å²) in [5, 5.41) is 0.499. The van der Waals surface area contributed by atoms with E-state index in [1.807, 2.05) is 17.8 Å². The smallest absolute Gasteiger partial charge is 0.0337 e. The standard InChI is InChI=1S/C18H20S/c1-3-19-18(17-12-8-5-9-13-17)14-15(2)16-10-6-4-7-11-16/h4-13,18H,2-3,14H2,1H3. The molecule has 0 N–H and O–H groups in total. The molecule has 2 aromatic rings. The van der Waals surface area contributed by atoms with Crippen molar-refractivity contribution in [1.29, 1.82) is 0 Å². The molecule has 0 nitrogen and oxygen atoms in total. The van der Waals surface area contributed by atoms with E-state index in [4.69, 9.17) is 0 Å². The Bertz CT molecular complexity index is 502. The van der Waals surface area contributed by atoms with Gasteiger partial charge in [0.2, 0.25) is 0 Å². The Kier molecular flexibility index (Phi) is 5.29. The minimum Gasteiger partial charge on any atom is -0.154 e.